The van der Waals surface area contributed by atoms with E-state index in [1.165, 1.54) is 37.4 Å². The molecule has 2 saturated carbocycles. The van der Waals surface area contributed by atoms with Gasteiger partial charge in [-0.1, -0.05) is 43.7 Å². The van der Waals surface area contributed by atoms with Crippen LogP contribution < -0.4 is 10.9 Å². The molecular weight excluding hydrogens is 382 g/mol. The number of rotatable bonds is 8. The minimum absolute atomic E-state index is 0.0118. The van der Waals surface area contributed by atoms with Crippen LogP contribution in [0, 0.1) is 17.8 Å². The molecule has 4 atom stereocenters. The summed E-state index contributed by atoms with van der Waals surface area (Å²) in [4.78, 5) is 30.2. The van der Waals surface area contributed by atoms with Gasteiger partial charge in [-0.15, -0.1) is 0 Å². The van der Waals surface area contributed by atoms with E-state index in [-0.39, 0.29) is 17.5 Å². The molecule has 2 aliphatic rings. The average Bonchev–Trinajstić information content (AvgIpc) is 3.35. The monoisotopic (exact) mass is 413 g/mol. The van der Waals surface area contributed by atoms with Gasteiger partial charge in [-0.2, -0.15) is 0 Å². The van der Waals surface area contributed by atoms with Crippen LogP contribution in [0.5, 0.6) is 0 Å². The van der Waals surface area contributed by atoms with Crippen LogP contribution >= 0.6 is 11.8 Å². The van der Waals surface area contributed by atoms with Gasteiger partial charge in [-0.05, 0) is 62.5 Å². The lowest BCUT2D eigenvalue weighted by Crippen LogP contribution is -2.41. The number of carbonyl (C=O) groups is 1. The molecule has 5 nitrogen and oxygen atoms in total. The smallest absolute Gasteiger partial charge is 0.262 e. The summed E-state index contributed by atoms with van der Waals surface area (Å²) in [5.41, 5.74) is 0.686. The van der Waals surface area contributed by atoms with Crippen molar-refractivity contribution in [3.8, 4) is 0 Å². The molecule has 0 aliphatic heterocycles. The largest absolute Gasteiger partial charge is 0.353 e. The number of hydrogen-bond acceptors (Lipinski definition) is 4. The van der Waals surface area contributed by atoms with E-state index < -0.39 is 0 Å². The second-order valence-electron chi connectivity index (χ2n) is 8.71. The first kappa shape index (κ1) is 20.5. The summed E-state index contributed by atoms with van der Waals surface area (Å²) in [7, 11) is 0. The van der Waals surface area contributed by atoms with Gasteiger partial charge in [0.05, 0.1) is 16.7 Å². The molecule has 1 amide bonds. The van der Waals surface area contributed by atoms with Crippen LogP contribution in [0.15, 0.2) is 34.2 Å². The maximum absolute atomic E-state index is 12.9. The van der Waals surface area contributed by atoms with Gasteiger partial charge < -0.3 is 5.32 Å². The van der Waals surface area contributed by atoms with Gasteiger partial charge in [0.1, 0.15) is 0 Å². The number of carbonyl (C=O) groups excluding carboxylic acids is 1. The highest BCUT2D eigenvalue weighted by Crippen LogP contribution is 2.49. The molecule has 2 bridgehead atoms. The third-order valence-electron chi connectivity index (χ3n) is 6.72. The number of amides is 1. The fourth-order valence-corrected chi connectivity index (χ4v) is 6.05. The number of nitrogens with one attached hydrogen (secondary N) is 1. The molecule has 1 aromatic carbocycles. The van der Waals surface area contributed by atoms with Gasteiger partial charge in [0.25, 0.3) is 5.56 Å². The third kappa shape index (κ3) is 4.37. The number of thioether (sulfide) groups is 1. The zero-order valence-electron chi connectivity index (χ0n) is 17.4. The minimum Gasteiger partial charge on any atom is -0.353 e. The van der Waals surface area contributed by atoms with Crippen LogP contribution in [0.2, 0.25) is 0 Å². The Balaban J connectivity index is 1.44. The van der Waals surface area contributed by atoms with Crippen molar-refractivity contribution in [3.63, 3.8) is 0 Å². The predicted molar refractivity (Wildman–Crippen MR) is 118 cm³/mol. The Hall–Kier alpha value is -1.82. The van der Waals surface area contributed by atoms with Crippen molar-refractivity contribution in [2.75, 3.05) is 5.75 Å². The van der Waals surface area contributed by atoms with Crippen LogP contribution in [0.25, 0.3) is 10.9 Å². The van der Waals surface area contributed by atoms with Crippen LogP contribution in [0.4, 0.5) is 0 Å². The first-order chi connectivity index (χ1) is 14.1. The molecule has 4 rings (SSSR count). The third-order valence-corrected chi connectivity index (χ3v) is 7.69. The second kappa shape index (κ2) is 8.90. The van der Waals surface area contributed by atoms with Crippen LogP contribution in [0.1, 0.15) is 52.4 Å². The van der Waals surface area contributed by atoms with E-state index in [1.807, 2.05) is 24.3 Å². The van der Waals surface area contributed by atoms with E-state index in [2.05, 4.69) is 19.2 Å². The zero-order valence-corrected chi connectivity index (χ0v) is 18.2. The molecule has 0 spiro atoms. The Kier molecular flexibility index (Phi) is 6.28. The van der Waals surface area contributed by atoms with Gasteiger partial charge in [0.2, 0.25) is 5.91 Å². The van der Waals surface area contributed by atoms with Crippen molar-refractivity contribution < 1.29 is 4.79 Å². The maximum atomic E-state index is 12.9. The van der Waals surface area contributed by atoms with Gasteiger partial charge >= 0.3 is 0 Å². The lowest BCUT2D eigenvalue weighted by atomic mass is 9.84. The Bertz CT molecular complexity index is 941. The molecule has 6 heteroatoms. The molecule has 1 aromatic heterocycles. The first-order valence-electron chi connectivity index (χ1n) is 11.0. The van der Waals surface area contributed by atoms with Gasteiger partial charge in [-0.25, -0.2) is 4.98 Å². The van der Waals surface area contributed by atoms with E-state index in [4.69, 9.17) is 4.98 Å². The van der Waals surface area contributed by atoms with Crippen LogP contribution in [0.3, 0.4) is 0 Å². The van der Waals surface area contributed by atoms with Gasteiger partial charge in [0, 0.05) is 12.6 Å². The summed E-state index contributed by atoms with van der Waals surface area (Å²) >= 11 is 1.37. The molecule has 29 heavy (non-hydrogen) atoms. The van der Waals surface area contributed by atoms with Crippen molar-refractivity contribution in [2.24, 2.45) is 17.8 Å². The minimum atomic E-state index is -0.0118. The molecule has 1 heterocycles. The standard InChI is InChI=1S/C23H31N3O2S/c1-3-4-11-26-22(28)18-7-5-6-8-20(18)25-23(26)29-14-21(27)24-15(2)19-13-16-9-10-17(19)12-16/h5-8,15-17,19H,3-4,9-14H2,1-2H3,(H,24,27). The van der Waals surface area contributed by atoms with Crippen molar-refractivity contribution >= 4 is 28.6 Å². The molecular formula is C23H31N3O2S. The number of unbranched alkanes of at least 4 members (excludes halogenated alkanes) is 1. The summed E-state index contributed by atoms with van der Waals surface area (Å²) in [6.45, 7) is 4.90. The van der Waals surface area contributed by atoms with Crippen molar-refractivity contribution in [1.82, 2.24) is 14.9 Å². The second-order valence-corrected chi connectivity index (χ2v) is 9.65. The van der Waals surface area contributed by atoms with Crippen LogP contribution in [-0.4, -0.2) is 27.3 Å². The Morgan fingerprint density at radius 2 is 2.14 bits per heavy atom. The Labute approximate surface area is 176 Å². The van der Waals surface area contributed by atoms with Crippen molar-refractivity contribution in [1.29, 1.82) is 0 Å². The highest BCUT2D eigenvalue weighted by Gasteiger charge is 2.42. The average molecular weight is 414 g/mol. The Morgan fingerprint density at radius 3 is 2.86 bits per heavy atom. The van der Waals surface area contributed by atoms with Crippen LogP contribution in [-0.2, 0) is 11.3 Å². The molecule has 2 fully saturated rings. The maximum Gasteiger partial charge on any atom is 0.262 e. The van der Waals surface area contributed by atoms with E-state index in [9.17, 15) is 9.59 Å². The number of nitrogens with zero attached hydrogens (tertiary/aromatic N) is 2. The molecule has 156 valence electrons. The first-order valence-corrected chi connectivity index (χ1v) is 12.0. The summed E-state index contributed by atoms with van der Waals surface area (Å²) < 4.78 is 1.74. The quantitative estimate of drug-likeness (QED) is 0.520. The summed E-state index contributed by atoms with van der Waals surface area (Å²) in [5.74, 6) is 2.64. The van der Waals surface area contributed by atoms with Crippen molar-refractivity contribution in [2.45, 2.75) is 70.1 Å². The molecule has 0 saturated heterocycles. The normalized spacial score (nSPS) is 24.1. The fraction of sp³-hybridized carbons (Fsp3) is 0.609. The van der Waals surface area contributed by atoms with E-state index in [0.29, 0.717) is 34.3 Å². The zero-order chi connectivity index (χ0) is 20.4. The number of hydrogen-bond donors (Lipinski definition) is 1. The Morgan fingerprint density at radius 1 is 1.31 bits per heavy atom. The highest BCUT2D eigenvalue weighted by molar-refractivity contribution is 7.99. The number of fused-ring (bicyclic) bond motifs is 3. The molecule has 0 radical (unpaired) electrons. The lowest BCUT2D eigenvalue weighted by molar-refractivity contribution is -0.119. The predicted octanol–water partition coefficient (Wildman–Crippen LogP) is 4.23. The molecule has 1 N–H and O–H groups in total. The highest BCUT2D eigenvalue weighted by atomic mass is 32.2. The number of aromatic nitrogens is 2. The van der Waals surface area contributed by atoms with E-state index >= 15 is 0 Å². The summed E-state index contributed by atoms with van der Waals surface area (Å²) in [5, 5.41) is 4.50. The SMILES string of the molecule is CCCCn1c(SCC(=O)NC(C)C2CC3CCC2C3)nc2ccccc2c1=O. The van der Waals surface area contributed by atoms with Gasteiger partial charge in [0.15, 0.2) is 5.16 Å². The molecule has 4 unspecified atom stereocenters. The van der Waals surface area contributed by atoms with E-state index in [0.717, 1.165) is 24.7 Å². The molecule has 2 aliphatic carbocycles. The summed E-state index contributed by atoms with van der Waals surface area (Å²) in [6, 6.07) is 7.68. The fourth-order valence-electron chi connectivity index (χ4n) is 5.21. The van der Waals surface area contributed by atoms with Gasteiger partial charge in [-0.3, -0.25) is 14.2 Å². The number of benzene rings is 1. The lowest BCUT2D eigenvalue weighted by Gasteiger charge is -2.28. The van der Waals surface area contributed by atoms with E-state index in [1.54, 1.807) is 4.57 Å². The van der Waals surface area contributed by atoms with Crippen molar-refractivity contribution in [3.05, 3.63) is 34.6 Å². The summed E-state index contributed by atoms with van der Waals surface area (Å²) in [6.07, 6.45) is 7.24. The number of para-hydroxylation sites is 1. The topological polar surface area (TPSA) is 64.0 Å². The molecule has 2 aromatic rings.